The molecule has 0 unspecified atom stereocenters. The Morgan fingerprint density at radius 2 is 2.12 bits per heavy atom. The van der Waals surface area contributed by atoms with Crippen molar-refractivity contribution in [3.8, 4) is 0 Å². The Balaban J connectivity index is 1.92. The molecule has 0 saturated carbocycles. The van der Waals surface area contributed by atoms with Crippen molar-refractivity contribution in [3.63, 3.8) is 0 Å². The molecule has 2 fully saturated rings. The minimum Gasteiger partial charge on any atom is -0.375 e. The van der Waals surface area contributed by atoms with Crippen molar-refractivity contribution in [1.82, 2.24) is 10.2 Å². The second-order valence-corrected chi connectivity index (χ2v) is 4.95. The van der Waals surface area contributed by atoms with Gasteiger partial charge in [0.1, 0.15) is 6.61 Å². The lowest BCUT2D eigenvalue weighted by molar-refractivity contribution is -0.144. The van der Waals surface area contributed by atoms with Crippen molar-refractivity contribution in [2.24, 2.45) is 5.41 Å². The van der Waals surface area contributed by atoms with Gasteiger partial charge in [-0.25, -0.2) is 0 Å². The van der Waals surface area contributed by atoms with Crippen LogP contribution in [0.1, 0.15) is 25.7 Å². The fourth-order valence-corrected chi connectivity index (χ4v) is 2.81. The molecule has 2 aliphatic rings. The third kappa shape index (κ3) is 2.44. The molecule has 1 spiro atoms. The van der Waals surface area contributed by atoms with Crippen LogP contribution in [0.5, 0.6) is 0 Å². The van der Waals surface area contributed by atoms with Crippen LogP contribution in [0.15, 0.2) is 0 Å². The van der Waals surface area contributed by atoms with Crippen LogP contribution in [0.3, 0.4) is 0 Å². The van der Waals surface area contributed by atoms with E-state index in [4.69, 9.17) is 4.74 Å². The van der Waals surface area contributed by atoms with Gasteiger partial charge in [0.05, 0.1) is 5.41 Å². The maximum atomic E-state index is 11.9. The summed E-state index contributed by atoms with van der Waals surface area (Å²) in [6, 6.07) is 0. The smallest absolute Gasteiger partial charge is 0.248 e. The molecule has 5 nitrogen and oxygen atoms in total. The molecule has 2 amide bonds. The van der Waals surface area contributed by atoms with E-state index in [1.165, 1.54) is 7.11 Å². The lowest BCUT2D eigenvalue weighted by Gasteiger charge is -2.42. The van der Waals surface area contributed by atoms with Crippen molar-refractivity contribution in [3.05, 3.63) is 0 Å². The fourth-order valence-electron chi connectivity index (χ4n) is 2.81. The average molecular weight is 240 g/mol. The predicted molar refractivity (Wildman–Crippen MR) is 62.4 cm³/mol. The van der Waals surface area contributed by atoms with E-state index in [1.54, 1.807) is 4.90 Å². The highest BCUT2D eigenvalue weighted by molar-refractivity contribution is 5.84. The topological polar surface area (TPSA) is 58.6 Å². The van der Waals surface area contributed by atoms with Crippen LogP contribution in [0.25, 0.3) is 0 Å². The third-order valence-electron chi connectivity index (χ3n) is 3.94. The van der Waals surface area contributed by atoms with Gasteiger partial charge in [-0.15, -0.1) is 0 Å². The Labute approximate surface area is 101 Å². The van der Waals surface area contributed by atoms with E-state index >= 15 is 0 Å². The minimum absolute atomic E-state index is 0.0265. The Bertz CT molecular complexity index is 309. The number of amides is 2. The zero-order chi connectivity index (χ0) is 12.3. The maximum absolute atomic E-state index is 11.9. The molecule has 0 aromatic carbocycles. The number of carbonyl (C=O) groups excluding carboxylic acids is 2. The fraction of sp³-hybridized carbons (Fsp3) is 0.833. The zero-order valence-corrected chi connectivity index (χ0v) is 10.3. The van der Waals surface area contributed by atoms with E-state index in [1.807, 2.05) is 0 Å². The molecule has 0 aromatic rings. The second-order valence-electron chi connectivity index (χ2n) is 4.95. The van der Waals surface area contributed by atoms with Crippen LogP contribution in [-0.4, -0.2) is 50.1 Å². The molecule has 0 radical (unpaired) electrons. The Kier molecular flexibility index (Phi) is 3.66. The van der Waals surface area contributed by atoms with Crippen LogP contribution in [0.2, 0.25) is 0 Å². The summed E-state index contributed by atoms with van der Waals surface area (Å²) in [6.45, 7) is 2.29. The summed E-state index contributed by atoms with van der Waals surface area (Å²) in [5, 5.41) is 2.94. The molecule has 2 saturated heterocycles. The average Bonchev–Trinajstić information content (AvgIpc) is 2.34. The van der Waals surface area contributed by atoms with Crippen LogP contribution >= 0.6 is 0 Å². The molecule has 0 aliphatic carbocycles. The Morgan fingerprint density at radius 3 is 2.71 bits per heavy atom. The number of hydrogen-bond acceptors (Lipinski definition) is 3. The standard InChI is InChI=1S/C12H20N2O3/c1-17-9-10(15)14-7-4-12(5-8-14)3-2-6-13-11(12)16/h2-9H2,1H3,(H,13,16). The van der Waals surface area contributed by atoms with Gasteiger partial charge in [0, 0.05) is 26.7 Å². The van der Waals surface area contributed by atoms with Gasteiger partial charge in [-0.1, -0.05) is 0 Å². The molecule has 17 heavy (non-hydrogen) atoms. The van der Waals surface area contributed by atoms with Gasteiger partial charge < -0.3 is 15.0 Å². The van der Waals surface area contributed by atoms with Gasteiger partial charge in [0.2, 0.25) is 11.8 Å². The van der Waals surface area contributed by atoms with Gasteiger partial charge >= 0.3 is 0 Å². The largest absolute Gasteiger partial charge is 0.375 e. The van der Waals surface area contributed by atoms with E-state index in [0.717, 1.165) is 32.2 Å². The summed E-state index contributed by atoms with van der Waals surface area (Å²) in [5.41, 5.74) is -0.206. The minimum atomic E-state index is -0.206. The molecule has 1 N–H and O–H groups in total. The van der Waals surface area contributed by atoms with Crippen LogP contribution in [0.4, 0.5) is 0 Å². The van der Waals surface area contributed by atoms with Crippen molar-refractivity contribution in [2.45, 2.75) is 25.7 Å². The summed E-state index contributed by atoms with van der Waals surface area (Å²) in [6.07, 6.45) is 3.59. The quantitative estimate of drug-likeness (QED) is 0.747. The van der Waals surface area contributed by atoms with Gasteiger partial charge in [0.25, 0.3) is 0 Å². The number of ether oxygens (including phenoxy) is 1. The predicted octanol–water partition coefficient (Wildman–Crippen LogP) is 0.152. The first-order chi connectivity index (χ1) is 8.18. The van der Waals surface area contributed by atoms with Crippen molar-refractivity contribution < 1.29 is 14.3 Å². The highest BCUT2D eigenvalue weighted by atomic mass is 16.5. The first-order valence-corrected chi connectivity index (χ1v) is 6.23. The number of rotatable bonds is 2. The first-order valence-electron chi connectivity index (χ1n) is 6.23. The maximum Gasteiger partial charge on any atom is 0.248 e. The van der Waals surface area contributed by atoms with Gasteiger partial charge in [-0.3, -0.25) is 9.59 Å². The lowest BCUT2D eigenvalue weighted by atomic mass is 9.72. The molecule has 2 aliphatic heterocycles. The van der Waals surface area contributed by atoms with Crippen molar-refractivity contribution in [1.29, 1.82) is 0 Å². The highest BCUT2D eigenvalue weighted by Crippen LogP contribution is 2.38. The van der Waals surface area contributed by atoms with E-state index in [2.05, 4.69) is 5.32 Å². The van der Waals surface area contributed by atoms with Gasteiger partial charge in [0.15, 0.2) is 0 Å². The Hall–Kier alpha value is -1.10. The van der Waals surface area contributed by atoms with Crippen LogP contribution < -0.4 is 5.32 Å². The molecule has 5 heteroatoms. The van der Waals surface area contributed by atoms with Gasteiger partial charge in [-0.2, -0.15) is 0 Å². The zero-order valence-electron chi connectivity index (χ0n) is 10.3. The molecule has 0 aromatic heterocycles. The molecule has 0 bridgehead atoms. The van der Waals surface area contributed by atoms with E-state index in [0.29, 0.717) is 13.1 Å². The third-order valence-corrected chi connectivity index (χ3v) is 3.94. The summed E-state index contributed by atoms with van der Waals surface area (Å²) in [7, 11) is 1.53. The lowest BCUT2D eigenvalue weighted by Crippen LogP contribution is -2.53. The summed E-state index contributed by atoms with van der Waals surface area (Å²) in [5.74, 6) is 0.209. The number of carbonyl (C=O) groups is 2. The van der Waals surface area contributed by atoms with E-state index in [9.17, 15) is 9.59 Å². The monoisotopic (exact) mass is 240 g/mol. The second kappa shape index (κ2) is 5.04. The van der Waals surface area contributed by atoms with Crippen LogP contribution in [0, 0.1) is 5.41 Å². The number of nitrogens with one attached hydrogen (secondary N) is 1. The number of hydrogen-bond donors (Lipinski definition) is 1. The number of nitrogens with zero attached hydrogens (tertiary/aromatic N) is 1. The number of piperidine rings is 2. The van der Waals surface area contributed by atoms with E-state index in [-0.39, 0.29) is 23.8 Å². The SMILES string of the molecule is COCC(=O)N1CCC2(CCCNC2=O)CC1. The van der Waals surface area contributed by atoms with Gasteiger partial charge in [-0.05, 0) is 25.7 Å². The summed E-state index contributed by atoms with van der Waals surface area (Å²) < 4.78 is 4.84. The van der Waals surface area contributed by atoms with E-state index < -0.39 is 0 Å². The van der Waals surface area contributed by atoms with Crippen molar-refractivity contribution in [2.75, 3.05) is 33.4 Å². The molecule has 96 valence electrons. The number of methoxy groups -OCH3 is 1. The van der Waals surface area contributed by atoms with Crippen LogP contribution in [-0.2, 0) is 14.3 Å². The molecule has 0 atom stereocenters. The molecular formula is C12H20N2O3. The number of likely N-dealkylation sites (tertiary alicyclic amines) is 1. The summed E-state index contributed by atoms with van der Waals surface area (Å²) in [4.78, 5) is 25.4. The highest BCUT2D eigenvalue weighted by Gasteiger charge is 2.43. The Morgan fingerprint density at radius 1 is 1.41 bits per heavy atom. The first kappa shape index (κ1) is 12.4. The van der Waals surface area contributed by atoms with Crippen molar-refractivity contribution >= 4 is 11.8 Å². The normalized spacial score (nSPS) is 23.6. The molecule has 2 heterocycles. The molecule has 2 rings (SSSR count). The molecular weight excluding hydrogens is 220 g/mol. The summed E-state index contributed by atoms with van der Waals surface area (Å²) >= 11 is 0.